The molecule has 1 atom stereocenters. The number of para-hydroxylation sites is 1. The van der Waals surface area contributed by atoms with Gasteiger partial charge in [-0.2, -0.15) is 0 Å². The first-order chi connectivity index (χ1) is 10.1. The molecule has 1 aliphatic rings. The highest BCUT2D eigenvalue weighted by atomic mass is 35.5. The van der Waals surface area contributed by atoms with E-state index in [-0.39, 0.29) is 12.1 Å². The Morgan fingerprint density at radius 3 is 2.43 bits per heavy atom. The molecule has 1 aliphatic heterocycles. The molecular weight excluding hydrogens is 307 g/mol. The minimum absolute atomic E-state index is 0.0205. The molecular formula is C16H14Cl2N2O. The molecule has 108 valence electrons. The number of fused-ring (bicyclic) bond motifs is 1. The Kier molecular flexibility index (Phi) is 3.79. The molecule has 0 radical (unpaired) electrons. The topological polar surface area (TPSA) is 32.3 Å². The third-order valence-corrected chi connectivity index (χ3v) is 4.30. The highest BCUT2D eigenvalue weighted by Gasteiger charge is 2.33. The fourth-order valence-corrected chi connectivity index (χ4v) is 3.22. The summed E-state index contributed by atoms with van der Waals surface area (Å²) in [5, 5.41) is 4.46. The molecule has 1 amide bonds. The number of hydrogen-bond donors (Lipinski definition) is 1. The molecule has 1 unspecified atom stereocenters. The van der Waals surface area contributed by atoms with Crippen LogP contribution < -0.4 is 5.32 Å². The maximum Gasteiger partial charge on any atom is 0.257 e. The maximum absolute atomic E-state index is 12.7. The van der Waals surface area contributed by atoms with Gasteiger partial charge in [0, 0.05) is 27.8 Å². The summed E-state index contributed by atoms with van der Waals surface area (Å²) in [6, 6.07) is 12.8. The van der Waals surface area contributed by atoms with Gasteiger partial charge in [0.1, 0.15) is 6.17 Å². The summed E-state index contributed by atoms with van der Waals surface area (Å²) in [5.41, 5.74) is 2.19. The molecule has 1 N–H and O–H groups in total. The predicted octanol–water partition coefficient (Wildman–Crippen LogP) is 4.58. The van der Waals surface area contributed by atoms with E-state index >= 15 is 0 Å². The SMILES string of the molecule is CCN1C(=O)c2ccccc2NC1c1c(Cl)cccc1Cl. The number of amides is 1. The van der Waals surface area contributed by atoms with Crippen LogP contribution in [0.5, 0.6) is 0 Å². The maximum atomic E-state index is 12.7. The molecule has 0 saturated carbocycles. The van der Waals surface area contributed by atoms with Crippen LogP contribution in [0.2, 0.25) is 10.0 Å². The van der Waals surface area contributed by atoms with Gasteiger partial charge in [0.15, 0.2) is 0 Å². The molecule has 0 saturated heterocycles. The molecule has 1 heterocycles. The smallest absolute Gasteiger partial charge is 0.257 e. The summed E-state index contributed by atoms with van der Waals surface area (Å²) in [7, 11) is 0. The van der Waals surface area contributed by atoms with Gasteiger partial charge in [-0.25, -0.2) is 0 Å². The van der Waals surface area contributed by atoms with Gasteiger partial charge in [0.2, 0.25) is 0 Å². The van der Waals surface area contributed by atoms with E-state index in [0.29, 0.717) is 22.2 Å². The largest absolute Gasteiger partial charge is 0.361 e. The number of benzene rings is 2. The van der Waals surface area contributed by atoms with Gasteiger partial charge in [0.05, 0.1) is 5.56 Å². The van der Waals surface area contributed by atoms with Crippen molar-refractivity contribution in [1.82, 2.24) is 4.90 Å². The van der Waals surface area contributed by atoms with E-state index in [0.717, 1.165) is 11.3 Å². The number of rotatable bonds is 2. The third-order valence-electron chi connectivity index (χ3n) is 3.64. The average molecular weight is 321 g/mol. The van der Waals surface area contributed by atoms with Crippen molar-refractivity contribution < 1.29 is 4.79 Å². The minimum Gasteiger partial charge on any atom is -0.361 e. The normalized spacial score (nSPS) is 17.4. The second-order valence-electron chi connectivity index (χ2n) is 4.82. The van der Waals surface area contributed by atoms with E-state index in [1.807, 2.05) is 31.2 Å². The summed E-state index contributed by atoms with van der Waals surface area (Å²) in [6.45, 7) is 2.50. The quantitative estimate of drug-likeness (QED) is 0.878. The molecule has 0 spiro atoms. The highest BCUT2D eigenvalue weighted by molar-refractivity contribution is 6.36. The van der Waals surface area contributed by atoms with Crippen LogP contribution in [0, 0.1) is 0 Å². The molecule has 21 heavy (non-hydrogen) atoms. The van der Waals surface area contributed by atoms with Crippen LogP contribution >= 0.6 is 23.2 Å². The number of halogens is 2. The van der Waals surface area contributed by atoms with Gasteiger partial charge < -0.3 is 10.2 Å². The zero-order valence-electron chi connectivity index (χ0n) is 11.4. The van der Waals surface area contributed by atoms with Gasteiger partial charge >= 0.3 is 0 Å². The van der Waals surface area contributed by atoms with Crippen LogP contribution in [-0.4, -0.2) is 17.4 Å². The predicted molar refractivity (Wildman–Crippen MR) is 86.0 cm³/mol. The fraction of sp³-hybridized carbons (Fsp3) is 0.188. The second-order valence-corrected chi connectivity index (χ2v) is 5.63. The van der Waals surface area contributed by atoms with E-state index in [1.54, 1.807) is 23.1 Å². The molecule has 3 rings (SSSR count). The van der Waals surface area contributed by atoms with Gasteiger partial charge in [0.25, 0.3) is 5.91 Å². The first kappa shape index (κ1) is 14.2. The van der Waals surface area contributed by atoms with E-state index in [2.05, 4.69) is 5.32 Å². The van der Waals surface area contributed by atoms with Crippen molar-refractivity contribution in [3.05, 3.63) is 63.6 Å². The monoisotopic (exact) mass is 320 g/mol. The Bertz CT molecular complexity index is 682. The van der Waals surface area contributed by atoms with Crippen molar-refractivity contribution in [1.29, 1.82) is 0 Å². The number of carbonyl (C=O) groups is 1. The first-order valence-electron chi connectivity index (χ1n) is 6.74. The molecule has 5 heteroatoms. The van der Waals surface area contributed by atoms with E-state index in [4.69, 9.17) is 23.2 Å². The number of carbonyl (C=O) groups excluding carboxylic acids is 1. The summed E-state index contributed by atoms with van der Waals surface area (Å²) in [5.74, 6) is -0.0205. The van der Waals surface area contributed by atoms with Crippen LogP contribution in [0.1, 0.15) is 29.0 Å². The lowest BCUT2D eigenvalue weighted by Crippen LogP contribution is -2.43. The molecule has 3 nitrogen and oxygen atoms in total. The summed E-state index contributed by atoms with van der Waals surface area (Å²) < 4.78 is 0. The molecule has 2 aromatic rings. The van der Waals surface area contributed by atoms with E-state index < -0.39 is 0 Å². The van der Waals surface area contributed by atoms with E-state index in [1.165, 1.54) is 0 Å². The summed E-state index contributed by atoms with van der Waals surface area (Å²) in [4.78, 5) is 14.4. The summed E-state index contributed by atoms with van der Waals surface area (Å²) in [6.07, 6.45) is -0.362. The molecule has 0 aliphatic carbocycles. The summed E-state index contributed by atoms with van der Waals surface area (Å²) >= 11 is 12.6. The van der Waals surface area contributed by atoms with Crippen molar-refractivity contribution in [2.24, 2.45) is 0 Å². The second kappa shape index (κ2) is 5.58. The zero-order chi connectivity index (χ0) is 15.0. The highest BCUT2D eigenvalue weighted by Crippen LogP contribution is 2.38. The fourth-order valence-electron chi connectivity index (χ4n) is 2.62. The van der Waals surface area contributed by atoms with Crippen LogP contribution in [0.4, 0.5) is 5.69 Å². The van der Waals surface area contributed by atoms with Crippen LogP contribution in [0.3, 0.4) is 0 Å². The number of anilines is 1. The first-order valence-corrected chi connectivity index (χ1v) is 7.49. The van der Waals surface area contributed by atoms with Crippen LogP contribution in [0.15, 0.2) is 42.5 Å². The minimum atomic E-state index is -0.362. The van der Waals surface area contributed by atoms with Gasteiger partial charge in [-0.3, -0.25) is 4.79 Å². The van der Waals surface area contributed by atoms with Gasteiger partial charge in [-0.1, -0.05) is 41.4 Å². The van der Waals surface area contributed by atoms with Gasteiger partial charge in [-0.05, 0) is 31.2 Å². The van der Waals surface area contributed by atoms with Crippen molar-refractivity contribution in [3.8, 4) is 0 Å². The number of nitrogens with one attached hydrogen (secondary N) is 1. The lowest BCUT2D eigenvalue weighted by Gasteiger charge is -2.38. The van der Waals surface area contributed by atoms with Crippen molar-refractivity contribution in [3.63, 3.8) is 0 Å². The lowest BCUT2D eigenvalue weighted by molar-refractivity contribution is 0.0695. The Morgan fingerprint density at radius 2 is 1.76 bits per heavy atom. The lowest BCUT2D eigenvalue weighted by atomic mass is 10.0. The van der Waals surface area contributed by atoms with Crippen LogP contribution in [-0.2, 0) is 0 Å². The van der Waals surface area contributed by atoms with Crippen LogP contribution in [0.25, 0.3) is 0 Å². The Balaban J connectivity index is 2.13. The van der Waals surface area contributed by atoms with Crippen molar-refractivity contribution in [2.45, 2.75) is 13.1 Å². The van der Waals surface area contributed by atoms with Crippen molar-refractivity contribution in [2.75, 3.05) is 11.9 Å². The van der Waals surface area contributed by atoms with Crippen molar-refractivity contribution >= 4 is 34.8 Å². The molecule has 2 aromatic carbocycles. The molecule has 0 fully saturated rings. The van der Waals surface area contributed by atoms with E-state index in [9.17, 15) is 4.79 Å². The Hall–Kier alpha value is -1.71. The van der Waals surface area contributed by atoms with Gasteiger partial charge in [-0.15, -0.1) is 0 Å². The molecule has 0 bridgehead atoms. The third kappa shape index (κ3) is 2.37. The standard InChI is InChI=1S/C16H14Cl2N2O/c1-2-20-15(14-11(17)7-5-8-12(14)18)19-13-9-4-3-6-10(13)16(20)21/h3-9,15,19H,2H2,1H3. The molecule has 0 aromatic heterocycles. The Morgan fingerprint density at radius 1 is 1.10 bits per heavy atom. The average Bonchev–Trinajstić information content (AvgIpc) is 2.47. The number of nitrogens with zero attached hydrogens (tertiary/aromatic N) is 1. The Labute approximate surface area is 133 Å². The number of hydrogen-bond acceptors (Lipinski definition) is 2. The zero-order valence-corrected chi connectivity index (χ0v) is 12.9.